The zero-order valence-electron chi connectivity index (χ0n) is 13.8. The average Bonchev–Trinajstić information content (AvgIpc) is 2.60. The fourth-order valence-corrected chi connectivity index (χ4v) is 2.67. The lowest BCUT2D eigenvalue weighted by Crippen LogP contribution is -2.16. The van der Waals surface area contributed by atoms with Crippen molar-refractivity contribution in [2.24, 2.45) is 0 Å². The van der Waals surface area contributed by atoms with E-state index in [9.17, 15) is 9.59 Å². The number of carbonyl (C=O) groups excluding carboxylic acids is 1. The van der Waals surface area contributed by atoms with Gasteiger partial charge in [0.25, 0.3) is 5.56 Å². The van der Waals surface area contributed by atoms with Crippen LogP contribution in [-0.4, -0.2) is 29.4 Å². The summed E-state index contributed by atoms with van der Waals surface area (Å²) in [6.07, 6.45) is 1.65. The molecular weight excluding hydrogens is 386 g/mol. The van der Waals surface area contributed by atoms with E-state index in [4.69, 9.17) is 4.74 Å². The number of carbonyl (C=O) groups is 1. The monoisotopic (exact) mass is 401 g/mol. The van der Waals surface area contributed by atoms with Crippen LogP contribution in [0.3, 0.4) is 0 Å². The molecule has 7 heteroatoms. The molecule has 0 amide bonds. The van der Waals surface area contributed by atoms with Gasteiger partial charge in [-0.1, -0.05) is 6.07 Å². The number of hydrogen-bond donors (Lipinski definition) is 0. The Bertz CT molecular complexity index is 998. The van der Waals surface area contributed by atoms with Gasteiger partial charge in [0.05, 0.1) is 11.3 Å². The van der Waals surface area contributed by atoms with Crippen LogP contribution in [0.5, 0.6) is 0 Å². The molecule has 0 N–H and O–H groups in total. The van der Waals surface area contributed by atoms with E-state index in [1.165, 1.54) is 10.5 Å². The summed E-state index contributed by atoms with van der Waals surface area (Å²) in [7, 11) is 3.80. The predicted molar refractivity (Wildman–Crippen MR) is 99.1 cm³/mol. The van der Waals surface area contributed by atoms with Gasteiger partial charge in [0.15, 0.2) is 0 Å². The minimum atomic E-state index is -0.457. The van der Waals surface area contributed by atoms with Crippen molar-refractivity contribution in [2.45, 2.75) is 6.61 Å². The van der Waals surface area contributed by atoms with Gasteiger partial charge >= 0.3 is 5.97 Å². The number of esters is 1. The first-order chi connectivity index (χ1) is 11.9. The number of nitrogens with zero attached hydrogens (tertiary/aromatic N) is 3. The van der Waals surface area contributed by atoms with Gasteiger partial charge < -0.3 is 9.64 Å². The number of hydrogen-bond acceptors (Lipinski definition) is 5. The highest BCUT2D eigenvalue weighted by atomic mass is 79.9. The van der Waals surface area contributed by atoms with Gasteiger partial charge in [-0.3, -0.25) is 9.20 Å². The molecule has 0 aliphatic heterocycles. The number of anilines is 1. The number of pyridine rings is 1. The molecule has 3 aromatic rings. The van der Waals surface area contributed by atoms with Gasteiger partial charge in [-0.15, -0.1) is 0 Å². The Morgan fingerprint density at radius 2 is 2.04 bits per heavy atom. The zero-order chi connectivity index (χ0) is 18.0. The topological polar surface area (TPSA) is 63.9 Å². The van der Waals surface area contributed by atoms with E-state index >= 15 is 0 Å². The molecule has 0 bridgehead atoms. The molecule has 2 heterocycles. The quantitative estimate of drug-likeness (QED) is 0.628. The van der Waals surface area contributed by atoms with Crippen LogP contribution in [0.15, 0.2) is 57.9 Å². The first-order valence-corrected chi connectivity index (χ1v) is 8.36. The van der Waals surface area contributed by atoms with Crippen LogP contribution >= 0.6 is 15.9 Å². The Labute approximate surface area is 152 Å². The highest BCUT2D eigenvalue weighted by Gasteiger charge is 2.10. The molecule has 25 heavy (non-hydrogen) atoms. The largest absolute Gasteiger partial charge is 0.456 e. The van der Waals surface area contributed by atoms with Crippen molar-refractivity contribution in [2.75, 3.05) is 19.0 Å². The molecule has 3 rings (SSSR count). The van der Waals surface area contributed by atoms with E-state index in [0.29, 0.717) is 16.9 Å². The first kappa shape index (κ1) is 17.2. The second-order valence-corrected chi connectivity index (χ2v) is 6.60. The molecule has 0 aliphatic carbocycles. The Kier molecular flexibility index (Phi) is 4.85. The van der Waals surface area contributed by atoms with Gasteiger partial charge in [0, 0.05) is 36.5 Å². The van der Waals surface area contributed by atoms with Crippen molar-refractivity contribution in [3.8, 4) is 0 Å². The fraction of sp³-hybridized carbons (Fsp3) is 0.167. The maximum atomic E-state index is 12.2. The van der Waals surface area contributed by atoms with Crippen molar-refractivity contribution in [1.82, 2.24) is 9.38 Å². The van der Waals surface area contributed by atoms with Crippen LogP contribution in [-0.2, 0) is 11.3 Å². The van der Waals surface area contributed by atoms with Crippen molar-refractivity contribution >= 4 is 33.2 Å². The van der Waals surface area contributed by atoms with Crippen LogP contribution < -0.4 is 10.5 Å². The Hall–Kier alpha value is -2.67. The van der Waals surface area contributed by atoms with Gasteiger partial charge in [-0.05, 0) is 46.3 Å². The molecule has 0 radical (unpaired) electrons. The number of halogens is 1. The standard InChI is InChI=1S/C18H16BrN3O3/c1-21(2)15-5-3-4-12(8-15)18(24)25-11-14-9-17(23)22-10-13(19)6-7-16(22)20-14/h3-10H,11H2,1-2H3. The summed E-state index contributed by atoms with van der Waals surface area (Å²) >= 11 is 3.32. The van der Waals surface area contributed by atoms with E-state index in [2.05, 4.69) is 20.9 Å². The summed E-state index contributed by atoms with van der Waals surface area (Å²) in [5, 5.41) is 0. The van der Waals surface area contributed by atoms with Crippen LogP contribution in [0.25, 0.3) is 5.65 Å². The Morgan fingerprint density at radius 1 is 1.24 bits per heavy atom. The molecule has 128 valence electrons. The number of aromatic nitrogens is 2. The van der Waals surface area contributed by atoms with Gasteiger partial charge in [0.2, 0.25) is 0 Å². The molecule has 0 spiro atoms. The Morgan fingerprint density at radius 3 is 2.80 bits per heavy atom. The third-order valence-electron chi connectivity index (χ3n) is 3.63. The van der Waals surface area contributed by atoms with E-state index in [-0.39, 0.29) is 12.2 Å². The number of benzene rings is 1. The summed E-state index contributed by atoms with van der Waals surface area (Å²) in [6, 6.07) is 12.0. The van der Waals surface area contributed by atoms with Crippen molar-refractivity contribution in [3.63, 3.8) is 0 Å². The van der Waals surface area contributed by atoms with E-state index in [1.807, 2.05) is 25.1 Å². The lowest BCUT2D eigenvalue weighted by atomic mass is 10.2. The molecule has 0 fully saturated rings. The highest BCUT2D eigenvalue weighted by molar-refractivity contribution is 9.10. The molecule has 0 saturated heterocycles. The summed E-state index contributed by atoms with van der Waals surface area (Å²) in [5.41, 5.74) is 2.03. The lowest BCUT2D eigenvalue weighted by Gasteiger charge is -2.13. The summed E-state index contributed by atoms with van der Waals surface area (Å²) in [5.74, 6) is -0.457. The molecule has 6 nitrogen and oxygen atoms in total. The van der Waals surface area contributed by atoms with Gasteiger partial charge in [0.1, 0.15) is 12.3 Å². The summed E-state index contributed by atoms with van der Waals surface area (Å²) in [4.78, 5) is 30.6. The van der Waals surface area contributed by atoms with E-state index < -0.39 is 5.97 Å². The second kappa shape index (κ2) is 7.06. The molecule has 0 saturated carbocycles. The fourth-order valence-electron chi connectivity index (χ4n) is 2.33. The minimum Gasteiger partial charge on any atom is -0.456 e. The molecule has 0 unspecified atom stereocenters. The number of ether oxygens (including phenoxy) is 1. The molecule has 0 atom stereocenters. The van der Waals surface area contributed by atoms with Gasteiger partial charge in [-0.25, -0.2) is 9.78 Å². The first-order valence-electron chi connectivity index (χ1n) is 7.56. The van der Waals surface area contributed by atoms with Crippen molar-refractivity contribution < 1.29 is 9.53 Å². The van der Waals surface area contributed by atoms with Crippen LogP contribution in [0.2, 0.25) is 0 Å². The van der Waals surface area contributed by atoms with Gasteiger partial charge in [-0.2, -0.15) is 0 Å². The second-order valence-electron chi connectivity index (χ2n) is 5.68. The number of fused-ring (bicyclic) bond motifs is 1. The SMILES string of the molecule is CN(C)c1cccc(C(=O)OCc2cc(=O)n3cc(Br)ccc3n2)c1. The van der Waals surface area contributed by atoms with E-state index in [0.717, 1.165) is 10.2 Å². The third kappa shape index (κ3) is 3.88. The maximum absolute atomic E-state index is 12.2. The lowest BCUT2D eigenvalue weighted by molar-refractivity contribution is 0.0468. The molecular formula is C18H16BrN3O3. The number of rotatable bonds is 4. The molecule has 1 aromatic carbocycles. The van der Waals surface area contributed by atoms with Crippen molar-refractivity contribution in [1.29, 1.82) is 0 Å². The summed E-state index contributed by atoms with van der Waals surface area (Å²) < 4.78 is 7.51. The van der Waals surface area contributed by atoms with Crippen LogP contribution in [0.1, 0.15) is 16.1 Å². The predicted octanol–water partition coefficient (Wildman–Crippen LogP) is 2.88. The Balaban J connectivity index is 1.78. The highest BCUT2D eigenvalue weighted by Crippen LogP contribution is 2.15. The smallest absolute Gasteiger partial charge is 0.338 e. The van der Waals surface area contributed by atoms with Crippen LogP contribution in [0.4, 0.5) is 5.69 Å². The molecule has 0 aliphatic rings. The zero-order valence-corrected chi connectivity index (χ0v) is 15.4. The maximum Gasteiger partial charge on any atom is 0.338 e. The average molecular weight is 402 g/mol. The third-order valence-corrected chi connectivity index (χ3v) is 4.10. The minimum absolute atomic E-state index is 0.0627. The summed E-state index contributed by atoms with van der Waals surface area (Å²) in [6.45, 7) is -0.0627. The normalized spacial score (nSPS) is 10.7. The molecule has 2 aromatic heterocycles. The van der Waals surface area contributed by atoms with E-state index in [1.54, 1.807) is 36.5 Å². The van der Waals surface area contributed by atoms with Crippen LogP contribution in [0, 0.1) is 0 Å². The van der Waals surface area contributed by atoms with Crippen molar-refractivity contribution in [3.05, 3.63) is 74.7 Å².